The number of rotatable bonds is 6. The molecule has 6 heteroatoms. The summed E-state index contributed by atoms with van der Waals surface area (Å²) in [4.78, 5) is 22.0. The van der Waals surface area contributed by atoms with Gasteiger partial charge in [0, 0.05) is 7.05 Å². The summed E-state index contributed by atoms with van der Waals surface area (Å²) in [5.74, 6) is 0.249. The van der Waals surface area contributed by atoms with E-state index in [1.807, 2.05) is 0 Å². The van der Waals surface area contributed by atoms with Crippen molar-refractivity contribution in [1.29, 1.82) is 0 Å². The molecule has 1 amide bonds. The molecule has 0 aliphatic heterocycles. The van der Waals surface area contributed by atoms with Crippen molar-refractivity contribution >= 4 is 11.9 Å². The van der Waals surface area contributed by atoms with Crippen LogP contribution in [0.5, 0.6) is 11.5 Å². The number of nitrogens with one attached hydrogen (secondary N) is 1. The number of likely N-dealkylation sites (N-methyl/N-ethyl adjacent to an activating group) is 1. The quantitative estimate of drug-likeness (QED) is 0.741. The number of carbonyl (C=O) groups is 2. The molecule has 0 bridgehead atoms. The predicted molar refractivity (Wildman–Crippen MR) is 63.5 cm³/mol. The van der Waals surface area contributed by atoms with Gasteiger partial charge < -0.3 is 19.5 Å². The summed E-state index contributed by atoms with van der Waals surface area (Å²) in [6.45, 7) is -0.551. The fraction of sp³-hybridized carbons (Fsp3) is 0.333. The van der Waals surface area contributed by atoms with Gasteiger partial charge in [-0.05, 0) is 24.3 Å². The van der Waals surface area contributed by atoms with Gasteiger partial charge in [-0.3, -0.25) is 4.79 Å². The second-order valence-electron chi connectivity index (χ2n) is 3.30. The van der Waals surface area contributed by atoms with Gasteiger partial charge in [-0.1, -0.05) is 0 Å². The van der Waals surface area contributed by atoms with E-state index in [2.05, 4.69) is 10.1 Å². The van der Waals surface area contributed by atoms with Crippen LogP contribution in [0, 0.1) is 0 Å². The smallest absolute Gasteiger partial charge is 0.344 e. The molecule has 0 saturated carbocycles. The molecule has 0 heterocycles. The maximum absolute atomic E-state index is 11.2. The third-order valence-corrected chi connectivity index (χ3v) is 2.06. The number of methoxy groups -OCH3 is 1. The van der Waals surface area contributed by atoms with Crippen LogP contribution in [-0.2, 0) is 14.3 Å². The van der Waals surface area contributed by atoms with Crippen LogP contribution in [0.3, 0.4) is 0 Å². The van der Waals surface area contributed by atoms with Crippen LogP contribution in [0.15, 0.2) is 24.3 Å². The van der Waals surface area contributed by atoms with Gasteiger partial charge in [-0.15, -0.1) is 0 Å². The number of amides is 1. The molecule has 0 saturated heterocycles. The molecule has 1 aromatic carbocycles. The average Bonchev–Trinajstić information content (AvgIpc) is 2.42. The maximum atomic E-state index is 11.2. The van der Waals surface area contributed by atoms with Crippen molar-refractivity contribution in [2.24, 2.45) is 0 Å². The number of benzene rings is 1. The van der Waals surface area contributed by atoms with Crippen molar-refractivity contribution in [3.05, 3.63) is 24.3 Å². The lowest BCUT2D eigenvalue weighted by molar-refractivity contribution is -0.150. The molecule has 0 aromatic heterocycles. The zero-order chi connectivity index (χ0) is 13.4. The highest BCUT2D eigenvalue weighted by molar-refractivity contribution is 5.80. The van der Waals surface area contributed by atoms with E-state index in [-0.39, 0.29) is 19.1 Å². The Kier molecular flexibility index (Phi) is 5.50. The summed E-state index contributed by atoms with van der Waals surface area (Å²) >= 11 is 0. The van der Waals surface area contributed by atoms with Crippen LogP contribution in [0.4, 0.5) is 0 Å². The summed E-state index contributed by atoms with van der Waals surface area (Å²) in [5.41, 5.74) is 0. The van der Waals surface area contributed by atoms with Gasteiger partial charge in [-0.25, -0.2) is 4.79 Å². The van der Waals surface area contributed by atoms with Gasteiger partial charge in [0.2, 0.25) is 0 Å². The highest BCUT2D eigenvalue weighted by Crippen LogP contribution is 2.16. The number of esters is 1. The summed E-state index contributed by atoms with van der Waals surface area (Å²) in [6.07, 6.45) is 0. The molecular formula is C12H15NO5. The molecular weight excluding hydrogens is 238 g/mol. The molecule has 0 fully saturated rings. The number of hydrogen-bond donors (Lipinski definition) is 1. The second kappa shape index (κ2) is 7.16. The highest BCUT2D eigenvalue weighted by Gasteiger charge is 2.07. The molecule has 1 N–H and O–H groups in total. The number of hydrogen-bond acceptors (Lipinski definition) is 5. The molecule has 0 spiro atoms. The fourth-order valence-corrected chi connectivity index (χ4v) is 1.07. The molecule has 98 valence electrons. The standard InChI is InChI=1S/C12H15NO5/c1-13-11(14)7-18-12(15)8-17-10-5-3-9(16-2)4-6-10/h3-6H,7-8H2,1-2H3,(H,13,14). The Morgan fingerprint density at radius 3 is 2.28 bits per heavy atom. The van der Waals surface area contributed by atoms with Crippen molar-refractivity contribution in [2.75, 3.05) is 27.4 Å². The summed E-state index contributed by atoms with van der Waals surface area (Å²) in [7, 11) is 3.02. The van der Waals surface area contributed by atoms with Crippen molar-refractivity contribution in [3.63, 3.8) is 0 Å². The van der Waals surface area contributed by atoms with Crippen molar-refractivity contribution in [1.82, 2.24) is 5.32 Å². The van der Waals surface area contributed by atoms with Gasteiger partial charge in [0.15, 0.2) is 13.2 Å². The highest BCUT2D eigenvalue weighted by atomic mass is 16.6. The zero-order valence-electron chi connectivity index (χ0n) is 10.3. The van der Waals surface area contributed by atoms with Crippen LogP contribution in [-0.4, -0.2) is 39.2 Å². The lowest BCUT2D eigenvalue weighted by atomic mass is 10.3. The summed E-state index contributed by atoms with van der Waals surface area (Å²) < 4.78 is 14.8. The summed E-state index contributed by atoms with van der Waals surface area (Å²) in [5, 5.41) is 2.34. The molecule has 1 aromatic rings. The van der Waals surface area contributed by atoms with E-state index in [9.17, 15) is 9.59 Å². The summed E-state index contributed by atoms with van der Waals surface area (Å²) in [6, 6.07) is 6.77. The lowest BCUT2D eigenvalue weighted by Crippen LogP contribution is -2.26. The first-order valence-corrected chi connectivity index (χ1v) is 5.28. The van der Waals surface area contributed by atoms with Gasteiger partial charge in [0.05, 0.1) is 7.11 Å². The average molecular weight is 253 g/mol. The van der Waals surface area contributed by atoms with Crippen molar-refractivity contribution in [3.8, 4) is 11.5 Å². The third kappa shape index (κ3) is 4.73. The van der Waals surface area contributed by atoms with E-state index in [0.717, 1.165) is 0 Å². The Balaban J connectivity index is 2.31. The molecule has 1 rings (SSSR count). The van der Waals surface area contributed by atoms with E-state index in [1.165, 1.54) is 7.05 Å². The SMILES string of the molecule is CNC(=O)COC(=O)COc1ccc(OC)cc1. The Bertz CT molecular complexity index is 401. The zero-order valence-corrected chi connectivity index (χ0v) is 10.3. The van der Waals surface area contributed by atoms with Crippen LogP contribution < -0.4 is 14.8 Å². The van der Waals surface area contributed by atoms with E-state index >= 15 is 0 Å². The number of ether oxygens (including phenoxy) is 3. The molecule has 0 unspecified atom stereocenters. The monoisotopic (exact) mass is 253 g/mol. The lowest BCUT2D eigenvalue weighted by Gasteiger charge is -2.07. The first-order valence-electron chi connectivity index (χ1n) is 5.28. The van der Waals surface area contributed by atoms with Crippen LogP contribution in [0.1, 0.15) is 0 Å². The largest absolute Gasteiger partial charge is 0.497 e. The van der Waals surface area contributed by atoms with Crippen molar-refractivity contribution < 1.29 is 23.8 Å². The van der Waals surface area contributed by atoms with E-state index in [4.69, 9.17) is 9.47 Å². The fourth-order valence-electron chi connectivity index (χ4n) is 1.07. The Labute approximate surface area is 105 Å². The predicted octanol–water partition coefficient (Wildman–Crippen LogP) is 0.363. The van der Waals surface area contributed by atoms with Gasteiger partial charge in [0.25, 0.3) is 5.91 Å². The molecule has 0 atom stereocenters. The minimum atomic E-state index is -0.602. The number of carbonyl (C=O) groups excluding carboxylic acids is 2. The minimum Gasteiger partial charge on any atom is -0.497 e. The topological polar surface area (TPSA) is 73.9 Å². The van der Waals surface area contributed by atoms with E-state index in [1.54, 1.807) is 31.4 Å². The van der Waals surface area contributed by atoms with Gasteiger partial charge >= 0.3 is 5.97 Å². The minimum absolute atomic E-state index is 0.247. The molecule has 0 radical (unpaired) electrons. The second-order valence-corrected chi connectivity index (χ2v) is 3.30. The first kappa shape index (κ1) is 13.8. The third-order valence-electron chi connectivity index (χ3n) is 2.06. The van der Waals surface area contributed by atoms with Gasteiger partial charge in [0.1, 0.15) is 11.5 Å². The van der Waals surface area contributed by atoms with Gasteiger partial charge in [-0.2, -0.15) is 0 Å². The molecule has 18 heavy (non-hydrogen) atoms. The first-order chi connectivity index (χ1) is 8.65. The Hall–Kier alpha value is -2.24. The van der Waals surface area contributed by atoms with E-state index < -0.39 is 5.97 Å². The maximum Gasteiger partial charge on any atom is 0.344 e. The van der Waals surface area contributed by atoms with Crippen LogP contribution in [0.25, 0.3) is 0 Å². The van der Waals surface area contributed by atoms with E-state index in [0.29, 0.717) is 11.5 Å². The Morgan fingerprint density at radius 1 is 1.11 bits per heavy atom. The Morgan fingerprint density at radius 2 is 1.72 bits per heavy atom. The molecule has 6 nitrogen and oxygen atoms in total. The normalized spacial score (nSPS) is 9.44. The molecule has 0 aliphatic carbocycles. The van der Waals surface area contributed by atoms with Crippen LogP contribution >= 0.6 is 0 Å². The molecule has 0 aliphatic rings. The van der Waals surface area contributed by atoms with Crippen molar-refractivity contribution in [2.45, 2.75) is 0 Å². The van der Waals surface area contributed by atoms with Crippen LogP contribution in [0.2, 0.25) is 0 Å².